The Bertz CT molecular complexity index is 308. The van der Waals surface area contributed by atoms with E-state index in [1.165, 1.54) is 31.3 Å². The summed E-state index contributed by atoms with van der Waals surface area (Å²) < 4.78 is 0. The van der Waals surface area contributed by atoms with Crippen molar-refractivity contribution in [3.8, 4) is 0 Å². The molecular formula is C20H40N2. The van der Waals surface area contributed by atoms with Crippen LogP contribution in [0.3, 0.4) is 0 Å². The second-order valence-electron chi connectivity index (χ2n) is 5.44. The average Bonchev–Trinajstić information content (AvgIpc) is 2.57. The van der Waals surface area contributed by atoms with Gasteiger partial charge in [0.25, 0.3) is 0 Å². The monoisotopic (exact) mass is 308 g/mol. The number of hydrogen-bond acceptors (Lipinski definition) is 2. The lowest BCUT2D eigenvalue weighted by atomic mass is 9.86. The molecule has 1 aliphatic carbocycles. The number of likely N-dealkylation sites (N-methyl/N-ethyl adjacent to an activating group) is 1. The maximum absolute atomic E-state index is 4.24. The molecule has 0 heterocycles. The van der Waals surface area contributed by atoms with E-state index in [-0.39, 0.29) is 0 Å². The van der Waals surface area contributed by atoms with Gasteiger partial charge in [-0.15, -0.1) is 0 Å². The van der Waals surface area contributed by atoms with Gasteiger partial charge in [0, 0.05) is 25.0 Å². The van der Waals surface area contributed by atoms with Gasteiger partial charge in [0.2, 0.25) is 0 Å². The van der Waals surface area contributed by atoms with Crippen LogP contribution in [0.2, 0.25) is 0 Å². The zero-order valence-electron chi connectivity index (χ0n) is 16.4. The van der Waals surface area contributed by atoms with Crippen LogP contribution in [0.1, 0.15) is 74.1 Å². The summed E-state index contributed by atoms with van der Waals surface area (Å²) in [5, 5.41) is 0. The van der Waals surface area contributed by atoms with Crippen LogP contribution in [0.25, 0.3) is 0 Å². The molecule has 0 aromatic heterocycles. The van der Waals surface area contributed by atoms with Crippen LogP contribution in [-0.2, 0) is 0 Å². The molecule has 0 atom stereocenters. The standard InChI is InChI=1S/C16H28N2.2C2H6/c1-5-7-15(12-17-6-2)13-18(4)16-10-8-14(3)9-11-16;2*1-2/h5-7,12,14,16H,8-11,13H2,1-4H3;2*1-2H3/b7-5-,15-12+,17-6?;;. The highest BCUT2D eigenvalue weighted by Gasteiger charge is 2.21. The molecule has 2 nitrogen and oxygen atoms in total. The van der Waals surface area contributed by atoms with Crippen molar-refractivity contribution in [3.63, 3.8) is 0 Å². The molecule has 1 rings (SSSR count). The number of aliphatic imine (C=N–C) groups is 1. The first-order valence-electron chi connectivity index (χ1n) is 9.17. The second-order valence-corrected chi connectivity index (χ2v) is 5.44. The van der Waals surface area contributed by atoms with E-state index in [0.717, 1.165) is 18.5 Å². The van der Waals surface area contributed by atoms with Crippen molar-refractivity contribution < 1.29 is 0 Å². The van der Waals surface area contributed by atoms with Gasteiger partial charge in [0.05, 0.1) is 0 Å². The van der Waals surface area contributed by atoms with Crippen LogP contribution in [0.15, 0.2) is 28.9 Å². The third-order valence-electron chi connectivity index (χ3n) is 3.81. The summed E-state index contributed by atoms with van der Waals surface area (Å²) in [7, 11) is 2.24. The zero-order chi connectivity index (χ0) is 17.4. The molecule has 0 unspecified atom stereocenters. The van der Waals surface area contributed by atoms with Crippen molar-refractivity contribution in [2.75, 3.05) is 13.6 Å². The zero-order valence-corrected chi connectivity index (χ0v) is 16.4. The Morgan fingerprint density at radius 3 is 2.05 bits per heavy atom. The minimum atomic E-state index is 0.750. The summed E-state index contributed by atoms with van der Waals surface area (Å²) in [4.78, 5) is 6.73. The Labute approximate surface area is 140 Å². The first-order valence-corrected chi connectivity index (χ1v) is 9.17. The van der Waals surface area contributed by atoms with Crippen molar-refractivity contribution in [3.05, 3.63) is 23.9 Å². The number of nitrogens with zero attached hydrogens (tertiary/aromatic N) is 2. The first-order chi connectivity index (χ1) is 10.7. The molecule has 1 saturated carbocycles. The van der Waals surface area contributed by atoms with Crippen molar-refractivity contribution in [1.29, 1.82) is 0 Å². The summed E-state index contributed by atoms with van der Waals surface area (Å²) in [6.07, 6.45) is 13.5. The Kier molecular flexibility index (Phi) is 17.5. The van der Waals surface area contributed by atoms with E-state index in [2.05, 4.69) is 42.9 Å². The van der Waals surface area contributed by atoms with E-state index in [0.29, 0.717) is 0 Å². The molecule has 0 spiro atoms. The molecular weight excluding hydrogens is 268 g/mol. The quantitative estimate of drug-likeness (QED) is 0.442. The highest BCUT2D eigenvalue weighted by molar-refractivity contribution is 5.54. The Morgan fingerprint density at radius 2 is 1.59 bits per heavy atom. The number of allylic oxidation sites excluding steroid dienone is 1. The second kappa shape index (κ2) is 16.5. The first kappa shape index (κ1) is 23.4. The van der Waals surface area contributed by atoms with Crippen molar-refractivity contribution in [1.82, 2.24) is 4.90 Å². The molecule has 0 aromatic rings. The minimum absolute atomic E-state index is 0.750. The fourth-order valence-corrected chi connectivity index (χ4v) is 2.62. The molecule has 0 amide bonds. The van der Waals surface area contributed by atoms with Crippen LogP contribution in [-0.4, -0.2) is 30.7 Å². The fraction of sp³-hybridized carbons (Fsp3) is 0.750. The van der Waals surface area contributed by atoms with Gasteiger partial charge in [-0.25, -0.2) is 0 Å². The molecule has 1 aliphatic rings. The summed E-state index contributed by atoms with van der Waals surface area (Å²) in [6.45, 7) is 15.4. The van der Waals surface area contributed by atoms with Gasteiger partial charge in [0.15, 0.2) is 0 Å². The minimum Gasteiger partial charge on any atom is -0.299 e. The van der Waals surface area contributed by atoms with Crippen molar-refractivity contribution in [2.24, 2.45) is 10.9 Å². The van der Waals surface area contributed by atoms with E-state index in [9.17, 15) is 0 Å². The van der Waals surface area contributed by atoms with Crippen LogP contribution >= 0.6 is 0 Å². The van der Waals surface area contributed by atoms with E-state index < -0.39 is 0 Å². The van der Waals surface area contributed by atoms with E-state index in [1.807, 2.05) is 47.0 Å². The summed E-state index contributed by atoms with van der Waals surface area (Å²) in [5.74, 6) is 0.921. The SMILES string of the molecule is CC.CC.CC=N/C=C(\C=C/C)CN(C)C1CCC(C)CC1. The highest BCUT2D eigenvalue weighted by Crippen LogP contribution is 2.26. The van der Waals surface area contributed by atoms with Crippen molar-refractivity contribution >= 4 is 6.21 Å². The van der Waals surface area contributed by atoms with Gasteiger partial charge < -0.3 is 0 Å². The van der Waals surface area contributed by atoms with Gasteiger partial charge in [-0.3, -0.25) is 9.89 Å². The molecule has 130 valence electrons. The van der Waals surface area contributed by atoms with Gasteiger partial charge in [-0.2, -0.15) is 0 Å². The third-order valence-corrected chi connectivity index (χ3v) is 3.81. The lowest BCUT2D eigenvalue weighted by molar-refractivity contribution is 0.182. The molecule has 22 heavy (non-hydrogen) atoms. The highest BCUT2D eigenvalue weighted by atomic mass is 15.1. The Morgan fingerprint density at radius 1 is 1.05 bits per heavy atom. The smallest absolute Gasteiger partial charge is 0.0308 e. The van der Waals surface area contributed by atoms with Gasteiger partial charge in [-0.1, -0.05) is 46.8 Å². The number of hydrogen-bond donors (Lipinski definition) is 0. The largest absolute Gasteiger partial charge is 0.299 e. The summed E-state index contributed by atoms with van der Waals surface area (Å²) >= 11 is 0. The third kappa shape index (κ3) is 10.8. The molecule has 0 saturated heterocycles. The molecule has 2 heteroatoms. The lowest BCUT2D eigenvalue weighted by Crippen LogP contribution is -2.35. The van der Waals surface area contributed by atoms with Crippen LogP contribution in [0.5, 0.6) is 0 Å². The van der Waals surface area contributed by atoms with Crippen LogP contribution in [0, 0.1) is 5.92 Å². The predicted octanol–water partition coefficient (Wildman–Crippen LogP) is 6.10. The van der Waals surface area contributed by atoms with E-state index in [1.54, 1.807) is 0 Å². The fourth-order valence-electron chi connectivity index (χ4n) is 2.62. The summed E-state index contributed by atoms with van der Waals surface area (Å²) in [6, 6.07) is 0.750. The van der Waals surface area contributed by atoms with Gasteiger partial charge in [0.1, 0.15) is 0 Å². The Hall–Kier alpha value is -0.890. The van der Waals surface area contributed by atoms with Gasteiger partial charge >= 0.3 is 0 Å². The maximum atomic E-state index is 4.24. The Balaban J connectivity index is 0. The van der Waals surface area contributed by atoms with E-state index in [4.69, 9.17) is 0 Å². The predicted molar refractivity (Wildman–Crippen MR) is 104 cm³/mol. The average molecular weight is 309 g/mol. The van der Waals surface area contributed by atoms with Crippen LogP contribution in [0.4, 0.5) is 0 Å². The molecule has 1 fully saturated rings. The van der Waals surface area contributed by atoms with E-state index >= 15 is 0 Å². The molecule has 0 aliphatic heterocycles. The van der Waals surface area contributed by atoms with Crippen LogP contribution < -0.4 is 0 Å². The normalized spacial score (nSPS) is 22.3. The molecule has 0 N–H and O–H groups in total. The summed E-state index contributed by atoms with van der Waals surface area (Å²) in [5.41, 5.74) is 1.29. The van der Waals surface area contributed by atoms with Gasteiger partial charge in [-0.05, 0) is 58.1 Å². The maximum Gasteiger partial charge on any atom is 0.0308 e. The topological polar surface area (TPSA) is 15.6 Å². The molecule has 0 bridgehead atoms. The number of rotatable bonds is 5. The molecule has 0 aromatic carbocycles. The van der Waals surface area contributed by atoms with Crippen molar-refractivity contribution in [2.45, 2.75) is 80.2 Å². The molecule has 0 radical (unpaired) electrons. The lowest BCUT2D eigenvalue weighted by Gasteiger charge is -2.33.